The number of nitrogens with two attached hydrogens (primary N) is 1. The number of nitriles is 1. The summed E-state index contributed by atoms with van der Waals surface area (Å²) in [6.07, 6.45) is 0.467. The number of nitrogens with zero attached hydrogens (tertiary/aromatic N) is 5. The molecule has 3 aromatic heterocycles. The minimum Gasteiger partial charge on any atom is -0.396 e. The summed E-state index contributed by atoms with van der Waals surface area (Å²) in [6, 6.07) is 5.76. The van der Waals surface area contributed by atoms with Crippen LogP contribution in [0.25, 0.3) is 11.2 Å². The molecule has 9 heteroatoms. The molecule has 1 aliphatic rings. The number of aryl methyl sites for hydroxylation is 1. The maximum absolute atomic E-state index is 9.37. The average molecular weight is 365 g/mol. The molecule has 27 heavy (non-hydrogen) atoms. The summed E-state index contributed by atoms with van der Waals surface area (Å²) in [7, 11) is 0. The fourth-order valence-corrected chi connectivity index (χ4v) is 3.07. The van der Waals surface area contributed by atoms with E-state index in [4.69, 9.17) is 15.1 Å². The molecule has 0 aromatic carbocycles. The third kappa shape index (κ3) is 3.15. The highest BCUT2D eigenvalue weighted by Gasteiger charge is 2.33. The SMILES string of the molecule is Cc1nc2nonc2c(N)c1Cc1ccc(C#N)c(NCC2(C)COC2)n1. The van der Waals surface area contributed by atoms with Gasteiger partial charge in [0.15, 0.2) is 5.52 Å². The molecular formula is C18H19N7O2. The molecule has 0 atom stereocenters. The molecular weight excluding hydrogens is 346 g/mol. The molecule has 0 amide bonds. The lowest BCUT2D eigenvalue weighted by molar-refractivity contribution is -0.0924. The van der Waals surface area contributed by atoms with E-state index >= 15 is 0 Å². The van der Waals surface area contributed by atoms with Crippen LogP contribution in [0.1, 0.15) is 29.4 Å². The number of aromatic nitrogens is 4. The lowest BCUT2D eigenvalue weighted by atomic mass is 9.89. The fraction of sp³-hybridized carbons (Fsp3) is 0.389. The van der Waals surface area contributed by atoms with E-state index in [0.29, 0.717) is 54.4 Å². The van der Waals surface area contributed by atoms with Crippen LogP contribution in [0.15, 0.2) is 16.8 Å². The number of fused-ring (bicyclic) bond motifs is 1. The molecule has 1 fully saturated rings. The first-order valence-corrected chi connectivity index (χ1v) is 8.58. The molecule has 3 N–H and O–H groups in total. The summed E-state index contributed by atoms with van der Waals surface area (Å²) >= 11 is 0. The van der Waals surface area contributed by atoms with Crippen molar-refractivity contribution in [2.75, 3.05) is 30.8 Å². The minimum atomic E-state index is 0.0698. The van der Waals surface area contributed by atoms with E-state index in [9.17, 15) is 5.26 Å². The van der Waals surface area contributed by atoms with Gasteiger partial charge in [-0.2, -0.15) is 5.26 Å². The van der Waals surface area contributed by atoms with E-state index in [1.807, 2.05) is 13.0 Å². The third-order valence-electron chi connectivity index (χ3n) is 4.78. The number of anilines is 2. The largest absolute Gasteiger partial charge is 0.396 e. The van der Waals surface area contributed by atoms with Crippen LogP contribution >= 0.6 is 0 Å². The zero-order chi connectivity index (χ0) is 19.0. The van der Waals surface area contributed by atoms with Gasteiger partial charge in [0.2, 0.25) is 5.65 Å². The van der Waals surface area contributed by atoms with E-state index in [1.54, 1.807) is 6.07 Å². The van der Waals surface area contributed by atoms with E-state index in [2.05, 4.69) is 38.6 Å². The first kappa shape index (κ1) is 17.2. The van der Waals surface area contributed by atoms with E-state index in [0.717, 1.165) is 17.0 Å². The Morgan fingerprint density at radius 2 is 2.11 bits per heavy atom. The van der Waals surface area contributed by atoms with Crippen LogP contribution in [0.4, 0.5) is 11.5 Å². The van der Waals surface area contributed by atoms with Gasteiger partial charge in [-0.15, -0.1) is 0 Å². The van der Waals surface area contributed by atoms with Crippen molar-refractivity contribution in [1.82, 2.24) is 20.3 Å². The second-order valence-corrected chi connectivity index (χ2v) is 7.17. The zero-order valence-corrected chi connectivity index (χ0v) is 15.1. The van der Waals surface area contributed by atoms with Crippen LogP contribution in [-0.4, -0.2) is 40.0 Å². The van der Waals surface area contributed by atoms with Gasteiger partial charge in [-0.25, -0.2) is 14.6 Å². The standard InChI is InChI=1S/C18H19N7O2/c1-10-13(14(20)15-17(22-10)25-27-24-15)5-12-4-3-11(6-19)16(23-12)21-7-18(2)8-26-9-18/h3-4H,5,7-9,20H2,1-2H3,(H,21,23). The quantitative estimate of drug-likeness (QED) is 0.693. The lowest BCUT2D eigenvalue weighted by Crippen LogP contribution is -2.45. The van der Waals surface area contributed by atoms with Gasteiger partial charge in [0.05, 0.1) is 24.5 Å². The Morgan fingerprint density at radius 3 is 2.81 bits per heavy atom. The van der Waals surface area contributed by atoms with Crippen molar-refractivity contribution in [2.45, 2.75) is 20.3 Å². The summed E-state index contributed by atoms with van der Waals surface area (Å²) in [5.41, 5.74) is 10.5. The van der Waals surface area contributed by atoms with Crippen LogP contribution in [0, 0.1) is 23.7 Å². The normalized spacial score (nSPS) is 15.3. The Kier molecular flexibility index (Phi) is 4.12. The topological polar surface area (TPSA) is 136 Å². The molecule has 4 rings (SSSR count). The Labute approximate surface area is 155 Å². The molecule has 0 bridgehead atoms. The van der Waals surface area contributed by atoms with Gasteiger partial charge in [0.1, 0.15) is 11.9 Å². The zero-order valence-electron chi connectivity index (χ0n) is 15.1. The Morgan fingerprint density at radius 1 is 1.30 bits per heavy atom. The summed E-state index contributed by atoms with van der Waals surface area (Å²) < 4.78 is 10.00. The first-order chi connectivity index (χ1) is 13.0. The van der Waals surface area contributed by atoms with Crippen molar-refractivity contribution in [1.29, 1.82) is 5.26 Å². The molecule has 0 unspecified atom stereocenters. The average Bonchev–Trinajstić information content (AvgIpc) is 3.10. The van der Waals surface area contributed by atoms with Gasteiger partial charge in [0.25, 0.3) is 0 Å². The van der Waals surface area contributed by atoms with Crippen molar-refractivity contribution < 1.29 is 9.37 Å². The number of rotatable bonds is 5. The third-order valence-corrected chi connectivity index (χ3v) is 4.78. The number of hydrogen-bond donors (Lipinski definition) is 2. The van der Waals surface area contributed by atoms with Gasteiger partial charge < -0.3 is 15.8 Å². The predicted molar refractivity (Wildman–Crippen MR) is 97.9 cm³/mol. The second-order valence-electron chi connectivity index (χ2n) is 7.17. The van der Waals surface area contributed by atoms with Crippen LogP contribution in [0.5, 0.6) is 0 Å². The molecule has 1 saturated heterocycles. The summed E-state index contributed by atoms with van der Waals surface area (Å²) in [5, 5.41) is 20.2. The Bertz CT molecular complexity index is 1050. The van der Waals surface area contributed by atoms with Gasteiger partial charge >= 0.3 is 0 Å². The predicted octanol–water partition coefficient (Wildman–Crippen LogP) is 1.81. The first-order valence-electron chi connectivity index (χ1n) is 8.58. The van der Waals surface area contributed by atoms with Crippen LogP contribution in [0.2, 0.25) is 0 Å². The highest BCUT2D eigenvalue weighted by Crippen LogP contribution is 2.28. The molecule has 0 saturated carbocycles. The van der Waals surface area contributed by atoms with Gasteiger partial charge in [-0.1, -0.05) is 6.92 Å². The molecule has 138 valence electrons. The fourth-order valence-electron chi connectivity index (χ4n) is 3.07. The lowest BCUT2D eigenvalue weighted by Gasteiger charge is -2.38. The number of nitrogens with one attached hydrogen (secondary N) is 1. The van der Waals surface area contributed by atoms with Gasteiger partial charge in [-0.05, 0) is 29.4 Å². The Balaban J connectivity index is 1.62. The molecule has 0 aliphatic carbocycles. The maximum atomic E-state index is 9.37. The number of pyridine rings is 2. The molecule has 4 heterocycles. The second kappa shape index (κ2) is 6.48. The van der Waals surface area contributed by atoms with E-state index in [-0.39, 0.29) is 5.41 Å². The van der Waals surface area contributed by atoms with Crippen molar-refractivity contribution in [3.8, 4) is 6.07 Å². The van der Waals surface area contributed by atoms with Crippen LogP contribution < -0.4 is 11.1 Å². The summed E-state index contributed by atoms with van der Waals surface area (Å²) in [6.45, 7) is 6.09. The maximum Gasteiger partial charge on any atom is 0.226 e. The van der Waals surface area contributed by atoms with E-state index < -0.39 is 0 Å². The number of nitrogen functional groups attached to an aromatic ring is 1. The Hall–Kier alpha value is -3.25. The van der Waals surface area contributed by atoms with Crippen LogP contribution in [0.3, 0.4) is 0 Å². The van der Waals surface area contributed by atoms with E-state index in [1.165, 1.54) is 0 Å². The van der Waals surface area contributed by atoms with Crippen LogP contribution in [-0.2, 0) is 11.2 Å². The number of ether oxygens (including phenoxy) is 1. The smallest absolute Gasteiger partial charge is 0.226 e. The van der Waals surface area contributed by atoms with Crippen molar-refractivity contribution in [3.05, 3.63) is 34.6 Å². The number of hydrogen-bond acceptors (Lipinski definition) is 9. The molecule has 3 aromatic rings. The summed E-state index contributed by atoms with van der Waals surface area (Å²) in [4.78, 5) is 9.01. The highest BCUT2D eigenvalue weighted by atomic mass is 16.6. The van der Waals surface area contributed by atoms with Gasteiger partial charge in [-0.3, -0.25) is 0 Å². The molecule has 1 aliphatic heterocycles. The van der Waals surface area contributed by atoms with Crippen molar-refractivity contribution in [3.63, 3.8) is 0 Å². The monoisotopic (exact) mass is 365 g/mol. The molecule has 0 spiro atoms. The van der Waals surface area contributed by atoms with Crippen molar-refractivity contribution in [2.24, 2.45) is 5.41 Å². The van der Waals surface area contributed by atoms with Crippen molar-refractivity contribution >= 4 is 22.7 Å². The minimum absolute atomic E-state index is 0.0698. The molecule has 9 nitrogen and oxygen atoms in total. The summed E-state index contributed by atoms with van der Waals surface area (Å²) in [5.74, 6) is 0.566. The molecule has 0 radical (unpaired) electrons. The highest BCUT2D eigenvalue weighted by molar-refractivity contribution is 5.85. The van der Waals surface area contributed by atoms with Gasteiger partial charge in [0, 0.05) is 35.3 Å².